The summed E-state index contributed by atoms with van der Waals surface area (Å²) < 4.78 is 21.6. The number of ketones is 1. The van der Waals surface area contributed by atoms with E-state index in [-0.39, 0.29) is 23.3 Å². The standard InChI is InChI=1S/C26H26N2O7/c1-14(2)34-18-9-6-16(7-10-18)24(29)22-23(17-8-11-19(32-4)20(13-17)33-5)28(26(31)25(22)30)21-12-15(3)35-27-21/h6-14,23,29H,1-5H3/b24-22+. The lowest BCUT2D eigenvalue weighted by molar-refractivity contribution is -0.132. The number of hydrogen-bond acceptors (Lipinski definition) is 8. The summed E-state index contributed by atoms with van der Waals surface area (Å²) in [6.07, 6.45) is -0.0178. The van der Waals surface area contributed by atoms with Crippen LogP contribution in [0.1, 0.15) is 36.8 Å². The highest BCUT2D eigenvalue weighted by Gasteiger charge is 2.48. The van der Waals surface area contributed by atoms with Gasteiger partial charge in [0, 0.05) is 11.6 Å². The van der Waals surface area contributed by atoms with Gasteiger partial charge in [-0.3, -0.25) is 14.5 Å². The topological polar surface area (TPSA) is 111 Å². The van der Waals surface area contributed by atoms with Crippen LogP contribution in [0.4, 0.5) is 5.82 Å². The zero-order valence-corrected chi connectivity index (χ0v) is 20.1. The molecule has 182 valence electrons. The summed E-state index contributed by atoms with van der Waals surface area (Å²) in [5.74, 6) is 0.129. The third-order valence-corrected chi connectivity index (χ3v) is 5.53. The second kappa shape index (κ2) is 9.54. The summed E-state index contributed by atoms with van der Waals surface area (Å²) in [4.78, 5) is 27.6. The van der Waals surface area contributed by atoms with Crippen LogP contribution in [0.25, 0.3) is 5.76 Å². The van der Waals surface area contributed by atoms with Gasteiger partial charge in [-0.1, -0.05) is 11.2 Å². The molecule has 9 nitrogen and oxygen atoms in total. The summed E-state index contributed by atoms with van der Waals surface area (Å²) >= 11 is 0. The zero-order chi connectivity index (χ0) is 25.3. The lowest BCUT2D eigenvalue weighted by Crippen LogP contribution is -2.29. The summed E-state index contributed by atoms with van der Waals surface area (Å²) in [7, 11) is 2.99. The Morgan fingerprint density at radius 2 is 1.71 bits per heavy atom. The van der Waals surface area contributed by atoms with Crippen LogP contribution in [0.5, 0.6) is 17.2 Å². The van der Waals surface area contributed by atoms with E-state index in [1.54, 1.807) is 55.5 Å². The first-order valence-corrected chi connectivity index (χ1v) is 11.0. The van der Waals surface area contributed by atoms with Crippen LogP contribution >= 0.6 is 0 Å². The van der Waals surface area contributed by atoms with Crippen molar-refractivity contribution < 1.29 is 33.4 Å². The molecule has 0 saturated carbocycles. The number of amides is 1. The number of aliphatic hydroxyl groups excluding tert-OH is 1. The highest BCUT2D eigenvalue weighted by Crippen LogP contribution is 2.44. The Bertz CT molecular complexity index is 1290. The molecule has 1 amide bonds. The highest BCUT2D eigenvalue weighted by molar-refractivity contribution is 6.51. The lowest BCUT2D eigenvalue weighted by atomic mass is 9.95. The van der Waals surface area contributed by atoms with Crippen LogP contribution in [-0.4, -0.2) is 42.3 Å². The van der Waals surface area contributed by atoms with E-state index in [0.29, 0.717) is 34.1 Å². The quantitative estimate of drug-likeness (QED) is 0.302. The number of benzene rings is 2. The number of rotatable bonds is 7. The lowest BCUT2D eigenvalue weighted by Gasteiger charge is -2.23. The number of aryl methyl sites for hydroxylation is 1. The largest absolute Gasteiger partial charge is 0.507 e. The van der Waals surface area contributed by atoms with E-state index in [1.165, 1.54) is 19.1 Å². The second-order valence-corrected chi connectivity index (χ2v) is 8.27. The molecule has 0 spiro atoms. The molecule has 2 aromatic carbocycles. The highest BCUT2D eigenvalue weighted by atomic mass is 16.5. The molecule has 1 fully saturated rings. The summed E-state index contributed by atoms with van der Waals surface area (Å²) in [6.45, 7) is 5.49. The molecule has 0 aliphatic carbocycles. The average molecular weight is 479 g/mol. The van der Waals surface area contributed by atoms with Crippen LogP contribution in [0, 0.1) is 6.92 Å². The summed E-state index contributed by atoms with van der Waals surface area (Å²) in [5.41, 5.74) is 0.796. The Hall–Kier alpha value is -4.27. The van der Waals surface area contributed by atoms with E-state index in [1.807, 2.05) is 13.8 Å². The Labute approximate surface area is 202 Å². The number of aromatic nitrogens is 1. The van der Waals surface area contributed by atoms with Gasteiger partial charge >= 0.3 is 5.91 Å². The van der Waals surface area contributed by atoms with Crippen molar-refractivity contribution in [3.63, 3.8) is 0 Å². The fraction of sp³-hybridized carbons (Fsp3) is 0.269. The van der Waals surface area contributed by atoms with Gasteiger partial charge in [-0.15, -0.1) is 0 Å². The molecular weight excluding hydrogens is 452 g/mol. The third kappa shape index (κ3) is 4.44. The number of aliphatic hydroxyl groups is 1. The molecule has 4 rings (SSSR count). The third-order valence-electron chi connectivity index (χ3n) is 5.53. The van der Waals surface area contributed by atoms with E-state index in [2.05, 4.69) is 5.16 Å². The molecule has 1 N–H and O–H groups in total. The van der Waals surface area contributed by atoms with E-state index >= 15 is 0 Å². The van der Waals surface area contributed by atoms with Crippen LogP contribution in [0.3, 0.4) is 0 Å². The predicted molar refractivity (Wildman–Crippen MR) is 128 cm³/mol. The van der Waals surface area contributed by atoms with E-state index in [0.717, 1.165) is 0 Å². The number of ether oxygens (including phenoxy) is 3. The van der Waals surface area contributed by atoms with Crippen molar-refractivity contribution in [1.82, 2.24) is 5.16 Å². The first-order chi connectivity index (χ1) is 16.7. The molecule has 0 bridgehead atoms. The van der Waals surface area contributed by atoms with Crippen LogP contribution < -0.4 is 19.1 Å². The van der Waals surface area contributed by atoms with Crippen LogP contribution in [0.15, 0.2) is 58.6 Å². The maximum atomic E-state index is 13.2. The van der Waals surface area contributed by atoms with Gasteiger partial charge in [-0.2, -0.15) is 0 Å². The molecule has 1 aliphatic heterocycles. The van der Waals surface area contributed by atoms with Crippen molar-refractivity contribution >= 4 is 23.3 Å². The molecule has 35 heavy (non-hydrogen) atoms. The van der Waals surface area contributed by atoms with Crippen molar-refractivity contribution in [3.05, 3.63) is 71.0 Å². The van der Waals surface area contributed by atoms with E-state index < -0.39 is 17.7 Å². The van der Waals surface area contributed by atoms with Gasteiger partial charge in [0.2, 0.25) is 0 Å². The Kier molecular flexibility index (Phi) is 6.50. The molecular formula is C26H26N2O7. The van der Waals surface area contributed by atoms with Gasteiger partial charge in [0.1, 0.15) is 17.3 Å². The molecule has 0 radical (unpaired) electrons. The minimum atomic E-state index is -0.981. The minimum absolute atomic E-state index is 0.0178. The summed E-state index contributed by atoms with van der Waals surface area (Å²) in [6, 6.07) is 12.2. The maximum Gasteiger partial charge on any atom is 0.301 e. The smallest absolute Gasteiger partial charge is 0.301 e. The van der Waals surface area contributed by atoms with Gasteiger partial charge in [-0.05, 0) is 62.7 Å². The Morgan fingerprint density at radius 3 is 2.29 bits per heavy atom. The van der Waals surface area contributed by atoms with Crippen molar-refractivity contribution in [2.45, 2.75) is 32.9 Å². The SMILES string of the molecule is COc1ccc(C2/C(=C(\O)c3ccc(OC(C)C)cc3)C(=O)C(=O)N2c2cc(C)on2)cc1OC. The van der Waals surface area contributed by atoms with Gasteiger partial charge in [0.15, 0.2) is 17.3 Å². The molecule has 3 aromatic rings. The molecule has 9 heteroatoms. The summed E-state index contributed by atoms with van der Waals surface area (Å²) in [5, 5.41) is 15.2. The van der Waals surface area contributed by atoms with Crippen molar-refractivity contribution in [2.24, 2.45) is 0 Å². The Balaban J connectivity index is 1.88. The number of carbonyl (C=O) groups excluding carboxylic acids is 2. The molecule has 2 heterocycles. The monoisotopic (exact) mass is 478 g/mol. The van der Waals surface area contributed by atoms with Crippen LogP contribution in [0.2, 0.25) is 0 Å². The number of methoxy groups -OCH3 is 2. The molecule has 1 saturated heterocycles. The fourth-order valence-corrected chi connectivity index (χ4v) is 3.99. The first kappa shape index (κ1) is 23.9. The van der Waals surface area contributed by atoms with Crippen LogP contribution in [-0.2, 0) is 9.59 Å². The number of hydrogen-bond donors (Lipinski definition) is 1. The first-order valence-electron chi connectivity index (χ1n) is 11.0. The van der Waals surface area contributed by atoms with Gasteiger partial charge in [0.25, 0.3) is 5.78 Å². The van der Waals surface area contributed by atoms with Crippen molar-refractivity contribution in [3.8, 4) is 17.2 Å². The van der Waals surface area contributed by atoms with Gasteiger partial charge < -0.3 is 23.8 Å². The number of anilines is 1. The van der Waals surface area contributed by atoms with Crippen molar-refractivity contribution in [1.29, 1.82) is 0 Å². The van der Waals surface area contributed by atoms with Crippen molar-refractivity contribution in [2.75, 3.05) is 19.1 Å². The van der Waals surface area contributed by atoms with E-state index in [9.17, 15) is 14.7 Å². The minimum Gasteiger partial charge on any atom is -0.507 e. The fourth-order valence-electron chi connectivity index (χ4n) is 3.99. The number of nitrogens with zero attached hydrogens (tertiary/aromatic N) is 2. The molecule has 1 aliphatic rings. The zero-order valence-electron chi connectivity index (χ0n) is 20.1. The normalized spacial score (nSPS) is 17.2. The van der Waals surface area contributed by atoms with Gasteiger partial charge in [0.05, 0.1) is 31.9 Å². The molecule has 1 atom stereocenters. The van der Waals surface area contributed by atoms with Gasteiger partial charge in [-0.25, -0.2) is 0 Å². The molecule has 1 unspecified atom stereocenters. The number of Topliss-reactive ketones (excluding diaryl/α,β-unsaturated/α-hetero) is 1. The maximum absolute atomic E-state index is 13.2. The average Bonchev–Trinajstić information content (AvgIpc) is 3.38. The van der Waals surface area contributed by atoms with E-state index in [4.69, 9.17) is 18.7 Å². The second-order valence-electron chi connectivity index (χ2n) is 8.27. The predicted octanol–water partition coefficient (Wildman–Crippen LogP) is 4.41. The molecule has 1 aromatic heterocycles. The Morgan fingerprint density at radius 1 is 1.03 bits per heavy atom. The number of carbonyl (C=O) groups is 2.